The van der Waals surface area contributed by atoms with Crippen molar-refractivity contribution >= 4 is 5.97 Å². The van der Waals surface area contributed by atoms with Gasteiger partial charge in [-0.2, -0.15) is 0 Å². The van der Waals surface area contributed by atoms with Crippen LogP contribution < -0.4 is 0 Å². The van der Waals surface area contributed by atoms with Crippen molar-refractivity contribution in [2.75, 3.05) is 13.2 Å². The highest BCUT2D eigenvalue weighted by atomic mass is 16.7. The first-order valence-corrected chi connectivity index (χ1v) is 11.5. The molecule has 27 heavy (non-hydrogen) atoms. The summed E-state index contributed by atoms with van der Waals surface area (Å²) in [5.74, 6) is 2.05. The molecule has 0 aromatic carbocycles. The molecule has 1 saturated heterocycles. The van der Waals surface area contributed by atoms with E-state index >= 15 is 0 Å². The molecule has 1 aliphatic heterocycles. The molecule has 0 unspecified atom stereocenters. The van der Waals surface area contributed by atoms with Gasteiger partial charge >= 0.3 is 5.97 Å². The van der Waals surface area contributed by atoms with Gasteiger partial charge in [0.2, 0.25) is 0 Å². The summed E-state index contributed by atoms with van der Waals surface area (Å²) in [6.07, 6.45) is 13.2. The lowest BCUT2D eigenvalue weighted by molar-refractivity contribution is -0.254. The van der Waals surface area contributed by atoms with E-state index in [0.717, 1.165) is 24.7 Å². The molecule has 2 aliphatic carbocycles. The molecule has 0 radical (unpaired) electrons. The van der Waals surface area contributed by atoms with Crippen molar-refractivity contribution in [2.45, 2.75) is 104 Å². The fraction of sp³-hybridized carbons (Fsp3) is 0.957. The number of carbonyl (C=O) groups excluding carboxylic acids is 1. The van der Waals surface area contributed by atoms with Gasteiger partial charge in [0.1, 0.15) is 11.5 Å². The van der Waals surface area contributed by atoms with Crippen molar-refractivity contribution in [3.8, 4) is 0 Å². The number of ether oxygens (including phenoxy) is 3. The predicted molar refractivity (Wildman–Crippen MR) is 106 cm³/mol. The van der Waals surface area contributed by atoms with Crippen molar-refractivity contribution in [2.24, 2.45) is 23.2 Å². The van der Waals surface area contributed by atoms with Gasteiger partial charge in [-0.25, -0.2) is 0 Å². The van der Waals surface area contributed by atoms with E-state index in [1.165, 1.54) is 57.8 Å². The molecular weight excluding hydrogens is 340 g/mol. The highest BCUT2D eigenvalue weighted by molar-refractivity contribution is 5.77. The minimum Gasteiger partial charge on any atom is -0.462 e. The molecule has 2 saturated carbocycles. The van der Waals surface area contributed by atoms with E-state index in [0.29, 0.717) is 19.1 Å². The predicted octanol–water partition coefficient (Wildman–Crippen LogP) is 5.48. The summed E-state index contributed by atoms with van der Waals surface area (Å²) in [5, 5.41) is 0. The molecule has 0 N–H and O–H groups in total. The van der Waals surface area contributed by atoms with Gasteiger partial charge in [0, 0.05) is 5.92 Å². The van der Waals surface area contributed by atoms with E-state index in [4.69, 9.17) is 14.2 Å². The van der Waals surface area contributed by atoms with Gasteiger partial charge in [-0.15, -0.1) is 0 Å². The summed E-state index contributed by atoms with van der Waals surface area (Å²) in [6, 6.07) is 0. The zero-order valence-electron chi connectivity index (χ0n) is 17.7. The monoisotopic (exact) mass is 380 g/mol. The molecular formula is C23H40O4. The lowest BCUT2D eigenvalue weighted by atomic mass is 9.79. The average Bonchev–Trinajstić information content (AvgIpc) is 2.70. The molecule has 0 atom stereocenters. The largest absolute Gasteiger partial charge is 0.462 e. The molecule has 4 heteroatoms. The van der Waals surface area contributed by atoms with Crippen molar-refractivity contribution < 1.29 is 19.0 Å². The van der Waals surface area contributed by atoms with Crippen LogP contribution in [0.25, 0.3) is 0 Å². The van der Waals surface area contributed by atoms with E-state index in [-0.39, 0.29) is 18.4 Å². The van der Waals surface area contributed by atoms with Crippen LogP contribution in [0.3, 0.4) is 0 Å². The third kappa shape index (κ3) is 5.47. The Labute approximate surface area is 165 Å². The number of hydrogen-bond acceptors (Lipinski definition) is 4. The van der Waals surface area contributed by atoms with Crippen molar-refractivity contribution in [3.05, 3.63) is 0 Å². The zero-order chi connectivity index (χ0) is 19.3. The average molecular weight is 381 g/mol. The lowest BCUT2D eigenvalue weighted by Crippen LogP contribution is -2.49. The molecule has 3 rings (SSSR count). The van der Waals surface area contributed by atoms with Gasteiger partial charge in [-0.3, -0.25) is 4.79 Å². The second kappa shape index (κ2) is 9.73. The van der Waals surface area contributed by atoms with Gasteiger partial charge in [0.25, 0.3) is 0 Å². The van der Waals surface area contributed by atoms with Gasteiger partial charge in [0.15, 0.2) is 6.29 Å². The lowest BCUT2D eigenvalue weighted by Gasteiger charge is -2.41. The summed E-state index contributed by atoms with van der Waals surface area (Å²) in [5.41, 5.74) is -0.655. The van der Waals surface area contributed by atoms with Crippen molar-refractivity contribution in [1.82, 2.24) is 0 Å². The van der Waals surface area contributed by atoms with Gasteiger partial charge in [0.05, 0.1) is 13.2 Å². The maximum absolute atomic E-state index is 12.8. The van der Waals surface area contributed by atoms with Crippen LogP contribution >= 0.6 is 0 Å². The van der Waals surface area contributed by atoms with E-state index in [2.05, 4.69) is 13.8 Å². The van der Waals surface area contributed by atoms with E-state index in [1.807, 2.05) is 6.92 Å². The van der Waals surface area contributed by atoms with E-state index in [9.17, 15) is 4.79 Å². The second-order valence-electron chi connectivity index (χ2n) is 9.58. The van der Waals surface area contributed by atoms with Gasteiger partial charge in [-0.05, 0) is 70.1 Å². The molecule has 0 amide bonds. The zero-order valence-corrected chi connectivity index (χ0v) is 17.7. The quantitative estimate of drug-likeness (QED) is 0.572. The molecule has 156 valence electrons. The summed E-state index contributed by atoms with van der Waals surface area (Å²) in [4.78, 5) is 12.8. The third-order valence-corrected chi connectivity index (χ3v) is 7.24. The summed E-state index contributed by atoms with van der Waals surface area (Å²) < 4.78 is 17.9. The Balaban J connectivity index is 1.41. The van der Waals surface area contributed by atoms with E-state index < -0.39 is 5.41 Å². The highest BCUT2D eigenvalue weighted by Gasteiger charge is 2.44. The molecule has 4 nitrogen and oxygen atoms in total. The summed E-state index contributed by atoms with van der Waals surface area (Å²) in [7, 11) is 0. The van der Waals surface area contributed by atoms with Crippen LogP contribution in [-0.2, 0) is 19.0 Å². The molecule has 3 aliphatic rings. The van der Waals surface area contributed by atoms with Crippen LogP contribution in [0.15, 0.2) is 0 Å². The number of rotatable bonds is 6. The molecule has 0 bridgehead atoms. The maximum Gasteiger partial charge on any atom is 0.316 e. The highest BCUT2D eigenvalue weighted by Crippen LogP contribution is 2.38. The van der Waals surface area contributed by atoms with E-state index in [1.54, 1.807) is 0 Å². The molecule has 0 aromatic rings. The normalized spacial score (nSPS) is 40.5. The fourth-order valence-electron chi connectivity index (χ4n) is 5.12. The maximum atomic E-state index is 12.8. The van der Waals surface area contributed by atoms with Crippen molar-refractivity contribution in [1.29, 1.82) is 0 Å². The number of hydrogen-bond donors (Lipinski definition) is 0. The van der Waals surface area contributed by atoms with Crippen LogP contribution in [0.4, 0.5) is 0 Å². The Morgan fingerprint density at radius 2 is 1.52 bits per heavy atom. The minimum absolute atomic E-state index is 0.0868. The Kier molecular flexibility index (Phi) is 7.61. The topological polar surface area (TPSA) is 44.8 Å². The SMILES string of the molecule is CCC[C@H]1CC[C@H](C2OCC(C)(C(=O)O[C@H]3CC[C@H](CC)CC3)CO2)CC1. The molecule has 0 aromatic heterocycles. The fourth-order valence-corrected chi connectivity index (χ4v) is 5.12. The smallest absolute Gasteiger partial charge is 0.316 e. The Hall–Kier alpha value is -0.610. The van der Waals surface area contributed by atoms with Gasteiger partial charge < -0.3 is 14.2 Å². The first-order chi connectivity index (χ1) is 13.0. The van der Waals surface area contributed by atoms with Crippen LogP contribution in [0.2, 0.25) is 0 Å². The molecule has 1 heterocycles. The number of esters is 1. The molecule has 3 fully saturated rings. The first kappa shape index (κ1) is 21.1. The van der Waals surface area contributed by atoms with Crippen LogP contribution in [0, 0.1) is 23.2 Å². The summed E-state index contributed by atoms with van der Waals surface area (Å²) in [6.45, 7) is 7.31. The summed E-state index contributed by atoms with van der Waals surface area (Å²) >= 11 is 0. The Morgan fingerprint density at radius 1 is 0.926 bits per heavy atom. The molecule has 0 spiro atoms. The first-order valence-electron chi connectivity index (χ1n) is 11.5. The standard InChI is InChI=1S/C23H40O4/c1-4-6-18-7-11-19(12-8-18)21-25-15-23(3,16-26-21)22(24)27-20-13-9-17(5-2)10-14-20/h17-21H,4-16H2,1-3H3/t17-,18-,19-,20-,21?,23?. The minimum atomic E-state index is -0.655. The Bertz CT molecular complexity index is 453. The Morgan fingerprint density at radius 3 is 2.07 bits per heavy atom. The van der Waals surface area contributed by atoms with Crippen molar-refractivity contribution in [3.63, 3.8) is 0 Å². The second-order valence-corrected chi connectivity index (χ2v) is 9.58. The van der Waals surface area contributed by atoms with Crippen LogP contribution in [0.5, 0.6) is 0 Å². The van der Waals surface area contributed by atoms with Crippen LogP contribution in [-0.4, -0.2) is 31.6 Å². The third-order valence-electron chi connectivity index (χ3n) is 7.24. The number of carbonyl (C=O) groups is 1. The van der Waals surface area contributed by atoms with Crippen LogP contribution in [0.1, 0.15) is 91.4 Å². The van der Waals surface area contributed by atoms with Gasteiger partial charge in [-0.1, -0.05) is 33.1 Å².